The molecule has 0 saturated carbocycles. The first-order valence-electron chi connectivity index (χ1n) is 6.94. The average Bonchev–Trinajstić information content (AvgIpc) is 2.42. The maximum Gasteiger partial charge on any atom is 0.257 e. The quantitative estimate of drug-likeness (QED) is 0.559. The van der Waals surface area contributed by atoms with E-state index in [1.807, 2.05) is 0 Å². The Kier molecular flexibility index (Phi) is 6.87. The van der Waals surface area contributed by atoms with Gasteiger partial charge >= 0.3 is 0 Å². The molecule has 0 unspecified atom stereocenters. The minimum Gasteiger partial charge on any atom is -0.484 e. The molecule has 112 valence electrons. The molecule has 0 fully saturated rings. The number of nitrogen functional groups attached to an aromatic ring is 1. The number of nitrogens with zero attached hydrogens (tertiary/aromatic N) is 1. The smallest absolute Gasteiger partial charge is 0.257 e. The molecule has 0 aliphatic carbocycles. The monoisotopic (exact) mass is 279 g/mol. The number of anilines is 1. The summed E-state index contributed by atoms with van der Waals surface area (Å²) in [5.74, 6) is 0.544. The molecule has 0 radical (unpaired) electrons. The molecule has 1 aromatic rings. The van der Waals surface area contributed by atoms with Crippen LogP contribution in [0.4, 0.5) is 5.69 Å². The normalized spacial score (nSPS) is 10.8. The highest BCUT2D eigenvalue weighted by Crippen LogP contribution is 2.12. The number of carbonyl (C=O) groups excluding carboxylic acids is 1. The molecular weight excluding hydrogens is 254 g/mol. The second-order valence-electron chi connectivity index (χ2n) is 5.14. The third-order valence-corrected chi connectivity index (χ3v) is 3.14. The lowest BCUT2D eigenvalue weighted by atomic mass is 10.3. The van der Waals surface area contributed by atoms with E-state index < -0.39 is 0 Å². The van der Waals surface area contributed by atoms with Crippen molar-refractivity contribution >= 4 is 11.6 Å². The van der Waals surface area contributed by atoms with Crippen molar-refractivity contribution in [2.45, 2.75) is 26.3 Å². The fraction of sp³-hybridized carbons (Fsp3) is 0.533. The minimum absolute atomic E-state index is 0.0317. The summed E-state index contributed by atoms with van der Waals surface area (Å²) in [6, 6.07) is 7.52. The number of ether oxygens (including phenoxy) is 1. The highest BCUT2D eigenvalue weighted by atomic mass is 16.5. The van der Waals surface area contributed by atoms with Gasteiger partial charge in [-0.1, -0.05) is 0 Å². The Bertz CT molecular complexity index is 404. The molecule has 1 amide bonds. The number of hydrogen-bond acceptors (Lipinski definition) is 4. The lowest BCUT2D eigenvalue weighted by molar-refractivity contribution is -0.123. The third-order valence-electron chi connectivity index (χ3n) is 3.14. The number of hydrogen-bond donors (Lipinski definition) is 2. The summed E-state index contributed by atoms with van der Waals surface area (Å²) in [6.07, 6.45) is 0.933. The van der Waals surface area contributed by atoms with Crippen LogP contribution in [0.2, 0.25) is 0 Å². The molecule has 0 heterocycles. The lowest BCUT2D eigenvalue weighted by Gasteiger charge is -2.20. The molecule has 5 nitrogen and oxygen atoms in total. The fourth-order valence-corrected chi connectivity index (χ4v) is 1.58. The SMILES string of the molecule is CC(C)N(C)CCCNC(=O)COc1ccc(N)cc1. The van der Waals surface area contributed by atoms with Gasteiger partial charge in [-0.3, -0.25) is 4.79 Å². The largest absolute Gasteiger partial charge is 0.484 e. The van der Waals surface area contributed by atoms with Crippen LogP contribution in [0, 0.1) is 0 Å². The van der Waals surface area contributed by atoms with Gasteiger partial charge in [0.15, 0.2) is 6.61 Å². The van der Waals surface area contributed by atoms with E-state index >= 15 is 0 Å². The fourth-order valence-electron chi connectivity index (χ4n) is 1.58. The van der Waals surface area contributed by atoms with Gasteiger partial charge in [0.05, 0.1) is 0 Å². The van der Waals surface area contributed by atoms with E-state index in [1.165, 1.54) is 0 Å². The highest BCUT2D eigenvalue weighted by molar-refractivity contribution is 5.77. The van der Waals surface area contributed by atoms with Gasteiger partial charge in [-0.15, -0.1) is 0 Å². The van der Waals surface area contributed by atoms with Crippen LogP contribution >= 0.6 is 0 Å². The molecule has 0 spiro atoms. The van der Waals surface area contributed by atoms with Crippen LogP contribution in [0.1, 0.15) is 20.3 Å². The molecule has 1 aromatic carbocycles. The van der Waals surface area contributed by atoms with Gasteiger partial charge in [-0.25, -0.2) is 0 Å². The first-order chi connectivity index (χ1) is 9.49. The van der Waals surface area contributed by atoms with Crippen LogP contribution in [0.5, 0.6) is 5.75 Å². The van der Waals surface area contributed by atoms with Crippen molar-refractivity contribution in [1.29, 1.82) is 0 Å². The van der Waals surface area contributed by atoms with Crippen LogP contribution in [-0.2, 0) is 4.79 Å². The van der Waals surface area contributed by atoms with Crippen LogP contribution < -0.4 is 15.8 Å². The minimum atomic E-state index is -0.103. The zero-order valence-corrected chi connectivity index (χ0v) is 12.6. The molecule has 1 rings (SSSR count). The first kappa shape index (κ1) is 16.3. The second kappa shape index (κ2) is 8.43. The Balaban J connectivity index is 2.13. The molecule has 3 N–H and O–H groups in total. The number of amides is 1. The van der Waals surface area contributed by atoms with Gasteiger partial charge < -0.3 is 20.7 Å². The molecule has 20 heavy (non-hydrogen) atoms. The van der Waals surface area contributed by atoms with Crippen molar-refractivity contribution < 1.29 is 9.53 Å². The summed E-state index contributed by atoms with van der Waals surface area (Å²) in [6.45, 7) is 5.97. The topological polar surface area (TPSA) is 67.6 Å². The number of benzene rings is 1. The second-order valence-corrected chi connectivity index (χ2v) is 5.14. The number of nitrogens with two attached hydrogens (primary N) is 1. The van der Waals surface area contributed by atoms with Crippen molar-refractivity contribution in [3.05, 3.63) is 24.3 Å². The molecule has 5 heteroatoms. The summed E-state index contributed by atoms with van der Waals surface area (Å²) in [5, 5.41) is 2.84. The Morgan fingerprint density at radius 3 is 2.60 bits per heavy atom. The van der Waals surface area contributed by atoms with Crippen molar-refractivity contribution in [2.75, 3.05) is 32.5 Å². The Morgan fingerprint density at radius 2 is 2.00 bits per heavy atom. The Morgan fingerprint density at radius 1 is 1.35 bits per heavy atom. The lowest BCUT2D eigenvalue weighted by Crippen LogP contribution is -2.33. The zero-order chi connectivity index (χ0) is 15.0. The Hall–Kier alpha value is -1.75. The van der Waals surface area contributed by atoms with Crippen molar-refractivity contribution in [3.8, 4) is 5.75 Å². The standard InChI is InChI=1S/C15H25N3O2/c1-12(2)18(3)10-4-9-17-15(19)11-20-14-7-5-13(16)6-8-14/h5-8,12H,4,9-11,16H2,1-3H3,(H,17,19). The molecule has 0 saturated heterocycles. The summed E-state index contributed by atoms with van der Waals surface area (Å²) in [4.78, 5) is 13.8. The van der Waals surface area contributed by atoms with E-state index in [1.54, 1.807) is 24.3 Å². The first-order valence-corrected chi connectivity index (χ1v) is 6.94. The van der Waals surface area contributed by atoms with Gasteiger partial charge in [-0.05, 0) is 58.1 Å². The molecule has 0 atom stereocenters. The van der Waals surface area contributed by atoms with E-state index in [9.17, 15) is 4.79 Å². The molecular formula is C15H25N3O2. The van der Waals surface area contributed by atoms with Gasteiger partial charge in [-0.2, -0.15) is 0 Å². The van der Waals surface area contributed by atoms with E-state index in [0.29, 0.717) is 24.0 Å². The number of rotatable bonds is 8. The molecule has 0 bridgehead atoms. The van der Waals surface area contributed by atoms with Gasteiger partial charge in [0, 0.05) is 18.3 Å². The van der Waals surface area contributed by atoms with Crippen LogP contribution in [-0.4, -0.2) is 43.6 Å². The van der Waals surface area contributed by atoms with Gasteiger partial charge in [0.25, 0.3) is 5.91 Å². The summed E-state index contributed by atoms with van der Waals surface area (Å²) in [7, 11) is 2.08. The zero-order valence-electron chi connectivity index (χ0n) is 12.6. The van der Waals surface area contributed by atoms with Gasteiger partial charge in [0.1, 0.15) is 5.75 Å². The summed E-state index contributed by atoms with van der Waals surface area (Å²) < 4.78 is 5.36. The van der Waals surface area contributed by atoms with E-state index in [2.05, 4.69) is 31.1 Å². The molecule has 0 aliphatic rings. The molecule has 0 aliphatic heterocycles. The predicted molar refractivity (Wildman–Crippen MR) is 81.7 cm³/mol. The molecule has 0 aromatic heterocycles. The number of nitrogens with one attached hydrogen (secondary N) is 1. The predicted octanol–water partition coefficient (Wildman–Crippen LogP) is 1.49. The van der Waals surface area contributed by atoms with E-state index in [4.69, 9.17) is 10.5 Å². The maximum atomic E-state index is 11.6. The van der Waals surface area contributed by atoms with E-state index in [-0.39, 0.29) is 12.5 Å². The average molecular weight is 279 g/mol. The van der Waals surface area contributed by atoms with Gasteiger partial charge in [0.2, 0.25) is 0 Å². The van der Waals surface area contributed by atoms with Crippen molar-refractivity contribution in [2.24, 2.45) is 0 Å². The Labute approximate surface area is 121 Å². The summed E-state index contributed by atoms with van der Waals surface area (Å²) in [5.41, 5.74) is 6.25. The third kappa shape index (κ3) is 6.43. The maximum absolute atomic E-state index is 11.6. The summed E-state index contributed by atoms with van der Waals surface area (Å²) >= 11 is 0. The number of carbonyl (C=O) groups is 1. The van der Waals surface area contributed by atoms with Crippen LogP contribution in [0.25, 0.3) is 0 Å². The van der Waals surface area contributed by atoms with Crippen molar-refractivity contribution in [3.63, 3.8) is 0 Å². The van der Waals surface area contributed by atoms with Crippen molar-refractivity contribution in [1.82, 2.24) is 10.2 Å². The van der Waals surface area contributed by atoms with Crippen LogP contribution in [0.15, 0.2) is 24.3 Å². The highest BCUT2D eigenvalue weighted by Gasteiger charge is 2.04. The van der Waals surface area contributed by atoms with E-state index in [0.717, 1.165) is 13.0 Å². The van der Waals surface area contributed by atoms with Crippen LogP contribution in [0.3, 0.4) is 0 Å².